The molecule has 2 aliphatic heterocycles. The normalized spacial score (nSPS) is 16.2. The number of pyridine rings is 1. The molecule has 1 aromatic carbocycles. The van der Waals surface area contributed by atoms with Crippen LogP contribution in [-0.2, 0) is 10.0 Å². The molecule has 4 rings (SSSR count). The molecule has 0 N–H and O–H groups in total. The summed E-state index contributed by atoms with van der Waals surface area (Å²) in [6.45, 7) is 4.57. The zero-order valence-electron chi connectivity index (χ0n) is 13.9. The maximum atomic E-state index is 13.3. The van der Waals surface area contributed by atoms with Gasteiger partial charge in [0.05, 0.1) is 31.6 Å². The minimum absolute atomic E-state index is 0.0830. The molecule has 2 aromatic rings. The third kappa shape index (κ3) is 2.57. The van der Waals surface area contributed by atoms with Crippen molar-refractivity contribution < 1.29 is 17.9 Å². The standard InChI is InChI=1S/C17H19N3O4S/c1-2-23-14-6-7-18-12-16(14)25(21,22)20-9-8-19-10-11-24-15-5-3-4-13(20)17(15)19/h3-7,12H,2,8-11H2,1H3. The Bertz CT molecular complexity index is 901. The van der Waals surface area contributed by atoms with Crippen molar-refractivity contribution in [3.8, 4) is 11.5 Å². The second-order valence-electron chi connectivity index (χ2n) is 5.79. The molecule has 0 saturated carbocycles. The first-order chi connectivity index (χ1) is 12.1. The van der Waals surface area contributed by atoms with Gasteiger partial charge in [-0.05, 0) is 25.1 Å². The number of aromatic nitrogens is 1. The van der Waals surface area contributed by atoms with E-state index in [2.05, 4.69) is 9.88 Å². The van der Waals surface area contributed by atoms with Crippen LogP contribution in [0.3, 0.4) is 0 Å². The molecule has 0 unspecified atom stereocenters. The molecule has 0 aliphatic carbocycles. The minimum atomic E-state index is -3.79. The number of para-hydroxylation sites is 1. The van der Waals surface area contributed by atoms with Gasteiger partial charge in [-0.15, -0.1) is 0 Å². The van der Waals surface area contributed by atoms with E-state index in [4.69, 9.17) is 9.47 Å². The molecular formula is C17H19N3O4S. The number of hydrogen-bond donors (Lipinski definition) is 0. The third-order valence-electron chi connectivity index (χ3n) is 4.37. The fourth-order valence-electron chi connectivity index (χ4n) is 3.28. The highest BCUT2D eigenvalue weighted by Crippen LogP contribution is 2.44. The van der Waals surface area contributed by atoms with Gasteiger partial charge in [-0.1, -0.05) is 6.07 Å². The average Bonchev–Trinajstić information content (AvgIpc) is 2.63. The molecule has 2 aliphatic rings. The first kappa shape index (κ1) is 16.0. The summed E-state index contributed by atoms with van der Waals surface area (Å²) in [5, 5.41) is 0. The number of ether oxygens (including phenoxy) is 2. The molecule has 0 bridgehead atoms. The van der Waals surface area contributed by atoms with E-state index in [-0.39, 0.29) is 4.90 Å². The van der Waals surface area contributed by atoms with Gasteiger partial charge in [0.1, 0.15) is 28.7 Å². The van der Waals surface area contributed by atoms with Gasteiger partial charge in [0.2, 0.25) is 0 Å². The quantitative estimate of drug-likeness (QED) is 0.828. The second-order valence-corrected chi connectivity index (χ2v) is 7.62. The van der Waals surface area contributed by atoms with Gasteiger partial charge < -0.3 is 14.4 Å². The predicted molar refractivity (Wildman–Crippen MR) is 94.1 cm³/mol. The summed E-state index contributed by atoms with van der Waals surface area (Å²) in [6.07, 6.45) is 2.87. The Morgan fingerprint density at radius 3 is 2.96 bits per heavy atom. The summed E-state index contributed by atoms with van der Waals surface area (Å²) in [5.41, 5.74) is 1.47. The van der Waals surface area contributed by atoms with Gasteiger partial charge in [-0.2, -0.15) is 0 Å². The Morgan fingerprint density at radius 1 is 1.24 bits per heavy atom. The van der Waals surface area contributed by atoms with E-state index in [1.165, 1.54) is 16.7 Å². The number of anilines is 2. The molecule has 0 atom stereocenters. The van der Waals surface area contributed by atoms with Crippen molar-refractivity contribution in [3.05, 3.63) is 36.7 Å². The van der Waals surface area contributed by atoms with Crippen molar-refractivity contribution >= 4 is 21.4 Å². The molecule has 1 aromatic heterocycles. The first-order valence-corrected chi connectivity index (χ1v) is 9.67. The van der Waals surface area contributed by atoms with Gasteiger partial charge >= 0.3 is 0 Å². The summed E-state index contributed by atoms with van der Waals surface area (Å²) < 4.78 is 39.3. The third-order valence-corrected chi connectivity index (χ3v) is 6.19. The molecule has 0 spiro atoms. The zero-order valence-corrected chi connectivity index (χ0v) is 14.7. The summed E-state index contributed by atoms with van der Waals surface area (Å²) in [7, 11) is -3.79. The lowest BCUT2D eigenvalue weighted by atomic mass is 10.1. The van der Waals surface area contributed by atoms with Crippen LogP contribution in [0.15, 0.2) is 41.6 Å². The number of sulfonamides is 1. The molecule has 25 heavy (non-hydrogen) atoms. The van der Waals surface area contributed by atoms with E-state index < -0.39 is 10.0 Å². The Morgan fingerprint density at radius 2 is 2.12 bits per heavy atom. The Labute approximate surface area is 146 Å². The van der Waals surface area contributed by atoms with Gasteiger partial charge in [-0.3, -0.25) is 9.29 Å². The monoisotopic (exact) mass is 361 g/mol. The molecule has 7 nitrogen and oxygen atoms in total. The smallest absolute Gasteiger partial charge is 0.269 e. The highest BCUT2D eigenvalue weighted by molar-refractivity contribution is 7.93. The average molecular weight is 361 g/mol. The van der Waals surface area contributed by atoms with Crippen molar-refractivity contribution in [2.45, 2.75) is 11.8 Å². The largest absolute Gasteiger partial charge is 0.492 e. The minimum Gasteiger partial charge on any atom is -0.492 e. The maximum absolute atomic E-state index is 13.3. The van der Waals surface area contributed by atoms with Gasteiger partial charge in [0, 0.05) is 12.7 Å². The second kappa shape index (κ2) is 6.11. The lowest BCUT2D eigenvalue weighted by Crippen LogP contribution is -2.47. The summed E-state index contributed by atoms with van der Waals surface area (Å²) in [5.74, 6) is 1.04. The molecular weight excluding hydrogens is 342 g/mol. The number of rotatable bonds is 4. The maximum Gasteiger partial charge on any atom is 0.269 e. The fraction of sp³-hybridized carbons (Fsp3) is 0.353. The molecule has 0 amide bonds. The van der Waals surface area contributed by atoms with Crippen molar-refractivity contribution in [1.29, 1.82) is 0 Å². The molecule has 0 radical (unpaired) electrons. The van der Waals surface area contributed by atoms with Crippen LogP contribution in [0.4, 0.5) is 11.4 Å². The first-order valence-electron chi connectivity index (χ1n) is 8.23. The Kier molecular flexibility index (Phi) is 3.91. The van der Waals surface area contributed by atoms with Crippen LogP contribution < -0.4 is 18.7 Å². The van der Waals surface area contributed by atoms with Crippen molar-refractivity contribution in [2.75, 3.05) is 42.1 Å². The van der Waals surface area contributed by atoms with E-state index in [1.54, 1.807) is 6.07 Å². The van der Waals surface area contributed by atoms with Crippen LogP contribution in [0.2, 0.25) is 0 Å². The lowest BCUT2D eigenvalue weighted by molar-refractivity contribution is 0.307. The summed E-state index contributed by atoms with van der Waals surface area (Å²) >= 11 is 0. The van der Waals surface area contributed by atoms with Crippen molar-refractivity contribution in [1.82, 2.24) is 4.98 Å². The SMILES string of the molecule is CCOc1ccncc1S(=O)(=O)N1CCN2CCOc3cccc1c32. The van der Waals surface area contributed by atoms with Crippen LogP contribution in [0.5, 0.6) is 11.5 Å². The molecule has 132 valence electrons. The predicted octanol–water partition coefficient (Wildman–Crippen LogP) is 1.89. The van der Waals surface area contributed by atoms with Crippen LogP contribution >= 0.6 is 0 Å². The summed E-state index contributed by atoms with van der Waals surface area (Å²) in [6, 6.07) is 7.08. The Hall–Kier alpha value is -2.48. The molecule has 3 heterocycles. The highest BCUT2D eigenvalue weighted by atomic mass is 32.2. The molecule has 8 heteroatoms. The molecule has 0 saturated heterocycles. The van der Waals surface area contributed by atoms with Crippen molar-refractivity contribution in [2.24, 2.45) is 0 Å². The van der Waals surface area contributed by atoms with Crippen LogP contribution in [0.1, 0.15) is 6.92 Å². The number of benzene rings is 1. The Balaban J connectivity index is 1.83. The van der Waals surface area contributed by atoms with Gasteiger partial charge in [0.15, 0.2) is 0 Å². The highest BCUT2D eigenvalue weighted by Gasteiger charge is 2.36. The van der Waals surface area contributed by atoms with E-state index in [0.29, 0.717) is 37.7 Å². The zero-order chi connectivity index (χ0) is 17.4. The van der Waals surface area contributed by atoms with E-state index in [0.717, 1.165) is 18.0 Å². The van der Waals surface area contributed by atoms with Crippen molar-refractivity contribution in [3.63, 3.8) is 0 Å². The fourth-order valence-corrected chi connectivity index (χ4v) is 4.82. The van der Waals surface area contributed by atoms with E-state index in [9.17, 15) is 8.42 Å². The van der Waals surface area contributed by atoms with E-state index >= 15 is 0 Å². The summed E-state index contributed by atoms with van der Waals surface area (Å²) in [4.78, 5) is 6.24. The van der Waals surface area contributed by atoms with Crippen LogP contribution in [0, 0.1) is 0 Å². The van der Waals surface area contributed by atoms with Gasteiger partial charge in [0.25, 0.3) is 10.0 Å². The van der Waals surface area contributed by atoms with Crippen LogP contribution in [0.25, 0.3) is 0 Å². The number of nitrogens with zero attached hydrogens (tertiary/aromatic N) is 3. The van der Waals surface area contributed by atoms with Crippen LogP contribution in [-0.4, -0.2) is 46.2 Å². The number of hydrogen-bond acceptors (Lipinski definition) is 6. The topological polar surface area (TPSA) is 72.0 Å². The van der Waals surface area contributed by atoms with Gasteiger partial charge in [-0.25, -0.2) is 8.42 Å². The lowest BCUT2D eigenvalue weighted by Gasteiger charge is -2.41. The van der Waals surface area contributed by atoms with E-state index in [1.807, 2.05) is 25.1 Å². The molecule has 0 fully saturated rings.